The van der Waals surface area contributed by atoms with E-state index in [1.165, 1.54) is 0 Å². The quantitative estimate of drug-likeness (QED) is 0.726. The second-order valence-electron chi connectivity index (χ2n) is 3.34. The molecule has 0 aromatic heterocycles. The van der Waals surface area contributed by atoms with Crippen LogP contribution in [0.25, 0.3) is 0 Å². The number of nitrogens with zero attached hydrogens (tertiary/aromatic N) is 1. The minimum Gasteiger partial charge on any atom is -0.401 e. The second-order valence-corrected chi connectivity index (χ2v) is 5.64. The number of hydrogen-bond acceptors (Lipinski definition) is 2. The molecule has 1 rings (SSSR count). The third-order valence-corrected chi connectivity index (χ3v) is 4.44. The summed E-state index contributed by atoms with van der Waals surface area (Å²) in [6, 6.07) is 9.29. The van der Waals surface area contributed by atoms with E-state index in [4.69, 9.17) is 4.43 Å². The Morgan fingerprint density at radius 1 is 1.40 bits per heavy atom. The van der Waals surface area contributed by atoms with Gasteiger partial charge in [-0.1, -0.05) is 18.2 Å². The van der Waals surface area contributed by atoms with Crippen molar-refractivity contribution < 1.29 is 9.22 Å². The molecule has 0 aliphatic heterocycles. The Morgan fingerprint density at radius 2 is 2.00 bits per heavy atom. The minimum atomic E-state index is -1.54. The topological polar surface area (TPSA) is 29.5 Å². The Hall–Kier alpha value is -1.13. The molecule has 82 valence electrons. The molecule has 1 amide bonds. The molecule has 0 heterocycles. The van der Waals surface area contributed by atoms with Crippen molar-refractivity contribution in [1.29, 1.82) is 0 Å². The molecule has 1 atom stereocenters. The lowest BCUT2D eigenvalue weighted by Gasteiger charge is -2.23. The molecule has 0 saturated carbocycles. The van der Waals surface area contributed by atoms with Crippen LogP contribution in [0.3, 0.4) is 0 Å². The Kier molecular flexibility index (Phi) is 4.52. The van der Waals surface area contributed by atoms with Crippen LogP contribution >= 0.6 is 0 Å². The van der Waals surface area contributed by atoms with Gasteiger partial charge in [-0.2, -0.15) is 0 Å². The van der Waals surface area contributed by atoms with Gasteiger partial charge in [0.15, 0.2) is 0 Å². The summed E-state index contributed by atoms with van der Waals surface area (Å²) in [5.74, 6) is 0.0446. The van der Waals surface area contributed by atoms with E-state index in [-0.39, 0.29) is 5.91 Å². The number of carbonyl (C=O) groups excluding carboxylic acids is 1. The molecule has 0 aliphatic carbocycles. The van der Waals surface area contributed by atoms with E-state index < -0.39 is 9.20 Å². The highest BCUT2D eigenvalue weighted by atomic mass is 28.3. The Balaban J connectivity index is 2.69. The monoisotopic (exact) mass is 223 g/mol. The molecular weight excluding hydrogens is 206 g/mol. The first kappa shape index (κ1) is 11.9. The van der Waals surface area contributed by atoms with Crippen molar-refractivity contribution in [2.75, 3.05) is 13.7 Å². The first-order valence-corrected chi connectivity index (χ1v) is 7.25. The predicted molar refractivity (Wildman–Crippen MR) is 63.2 cm³/mol. The Bertz CT molecular complexity index is 316. The smallest absolute Gasteiger partial charge is 0.283 e. The highest BCUT2D eigenvalue weighted by Crippen LogP contribution is 2.05. The summed E-state index contributed by atoms with van der Waals surface area (Å²) in [6.45, 7) is 4.62. The predicted octanol–water partition coefficient (Wildman–Crippen LogP) is 1.65. The summed E-state index contributed by atoms with van der Waals surface area (Å²) >= 11 is 0. The van der Waals surface area contributed by atoms with Crippen molar-refractivity contribution in [3.8, 4) is 0 Å². The first-order valence-electron chi connectivity index (χ1n) is 5.10. The normalized spacial score (nSPS) is 12.2. The van der Waals surface area contributed by atoms with Gasteiger partial charge in [0.05, 0.1) is 0 Å². The molecular formula is C11H17NO2Si. The summed E-state index contributed by atoms with van der Waals surface area (Å²) in [4.78, 5) is 11.9. The van der Waals surface area contributed by atoms with Gasteiger partial charge in [0, 0.05) is 19.2 Å². The maximum atomic E-state index is 11.9. The number of rotatable bonds is 4. The molecule has 0 spiro atoms. The lowest BCUT2D eigenvalue weighted by molar-refractivity contribution is 0.0857. The lowest BCUT2D eigenvalue weighted by atomic mass is 10.2. The molecule has 4 heteroatoms. The van der Waals surface area contributed by atoms with Crippen molar-refractivity contribution in [2.24, 2.45) is 0 Å². The van der Waals surface area contributed by atoms with Crippen LogP contribution in [0.2, 0.25) is 6.55 Å². The molecule has 0 aliphatic rings. The van der Waals surface area contributed by atoms with Gasteiger partial charge in [0.1, 0.15) is 0 Å². The van der Waals surface area contributed by atoms with Crippen LogP contribution in [0.5, 0.6) is 0 Å². The van der Waals surface area contributed by atoms with Crippen LogP contribution < -0.4 is 0 Å². The average molecular weight is 223 g/mol. The van der Waals surface area contributed by atoms with Gasteiger partial charge in [-0.15, -0.1) is 0 Å². The van der Waals surface area contributed by atoms with Crippen LogP contribution in [0, 0.1) is 0 Å². The summed E-state index contributed by atoms with van der Waals surface area (Å²) in [7, 11) is 0.267. The molecule has 1 aromatic carbocycles. The van der Waals surface area contributed by atoms with Gasteiger partial charge in [-0.05, 0) is 25.6 Å². The third kappa shape index (κ3) is 3.18. The van der Waals surface area contributed by atoms with E-state index in [9.17, 15) is 4.79 Å². The fourth-order valence-electron chi connectivity index (χ4n) is 1.30. The maximum absolute atomic E-state index is 11.9. The molecule has 0 N–H and O–H groups in total. The summed E-state index contributed by atoms with van der Waals surface area (Å²) in [5.41, 5.74) is 0.721. The van der Waals surface area contributed by atoms with Crippen LogP contribution in [-0.4, -0.2) is 33.3 Å². The maximum Gasteiger partial charge on any atom is 0.283 e. The van der Waals surface area contributed by atoms with E-state index in [2.05, 4.69) is 0 Å². The van der Waals surface area contributed by atoms with Crippen LogP contribution in [-0.2, 0) is 4.43 Å². The molecule has 3 nitrogen and oxygen atoms in total. The standard InChI is InChI=1S/C11H17NO2Si/c1-4-14-15(3)12(2)11(13)10-8-6-5-7-9-10/h5-9,15H,4H2,1-3H3. The summed E-state index contributed by atoms with van der Waals surface area (Å²) in [5, 5.41) is 0. The highest BCUT2D eigenvalue weighted by molar-refractivity contribution is 6.51. The second kappa shape index (κ2) is 5.68. The summed E-state index contributed by atoms with van der Waals surface area (Å²) in [6.07, 6.45) is 0. The van der Waals surface area contributed by atoms with E-state index in [0.717, 1.165) is 5.56 Å². The van der Waals surface area contributed by atoms with E-state index >= 15 is 0 Å². The zero-order valence-electron chi connectivity index (χ0n) is 9.43. The molecule has 1 unspecified atom stereocenters. The number of benzene rings is 1. The zero-order valence-corrected chi connectivity index (χ0v) is 10.6. The SMILES string of the molecule is CCO[SiH](C)N(C)C(=O)c1ccccc1. The van der Waals surface area contributed by atoms with Crippen molar-refractivity contribution in [1.82, 2.24) is 4.57 Å². The van der Waals surface area contributed by atoms with Crippen molar-refractivity contribution in [3.63, 3.8) is 0 Å². The fraction of sp³-hybridized carbons (Fsp3) is 0.364. The van der Waals surface area contributed by atoms with Crippen molar-refractivity contribution in [2.45, 2.75) is 13.5 Å². The molecule has 0 bridgehead atoms. The fourth-order valence-corrected chi connectivity index (χ4v) is 2.49. The first-order chi connectivity index (χ1) is 7.16. The van der Waals surface area contributed by atoms with Gasteiger partial charge < -0.3 is 8.99 Å². The number of hydrogen-bond donors (Lipinski definition) is 0. The van der Waals surface area contributed by atoms with Crippen molar-refractivity contribution in [3.05, 3.63) is 35.9 Å². The molecule has 15 heavy (non-hydrogen) atoms. The van der Waals surface area contributed by atoms with E-state index in [1.54, 1.807) is 4.57 Å². The molecule has 0 radical (unpaired) electrons. The lowest BCUT2D eigenvalue weighted by Crippen LogP contribution is -2.40. The van der Waals surface area contributed by atoms with Crippen LogP contribution in [0.4, 0.5) is 0 Å². The summed E-state index contributed by atoms with van der Waals surface area (Å²) < 4.78 is 7.23. The van der Waals surface area contributed by atoms with E-state index in [0.29, 0.717) is 6.61 Å². The van der Waals surface area contributed by atoms with Crippen molar-refractivity contribution >= 4 is 15.1 Å². The largest absolute Gasteiger partial charge is 0.401 e. The number of amides is 1. The van der Waals surface area contributed by atoms with Gasteiger partial charge in [-0.3, -0.25) is 4.79 Å². The van der Waals surface area contributed by atoms with Gasteiger partial charge in [0.2, 0.25) is 5.91 Å². The zero-order chi connectivity index (χ0) is 11.3. The average Bonchev–Trinajstić information content (AvgIpc) is 2.28. The van der Waals surface area contributed by atoms with Gasteiger partial charge in [0.25, 0.3) is 9.20 Å². The highest BCUT2D eigenvalue weighted by Gasteiger charge is 2.18. The molecule has 0 saturated heterocycles. The van der Waals surface area contributed by atoms with Gasteiger partial charge >= 0.3 is 0 Å². The number of carbonyl (C=O) groups is 1. The van der Waals surface area contributed by atoms with Crippen LogP contribution in [0.1, 0.15) is 17.3 Å². The van der Waals surface area contributed by atoms with Crippen LogP contribution in [0.15, 0.2) is 30.3 Å². The minimum absolute atomic E-state index is 0.0446. The molecule has 0 fully saturated rings. The Morgan fingerprint density at radius 3 is 2.53 bits per heavy atom. The Labute approximate surface area is 92.5 Å². The third-order valence-electron chi connectivity index (χ3n) is 2.29. The molecule has 1 aromatic rings. The van der Waals surface area contributed by atoms with E-state index in [1.807, 2.05) is 50.9 Å². The van der Waals surface area contributed by atoms with Gasteiger partial charge in [-0.25, -0.2) is 0 Å².